The summed E-state index contributed by atoms with van der Waals surface area (Å²) in [5, 5.41) is 8.91. The maximum Gasteiger partial charge on any atom is 0.304 e. The molecule has 0 aliphatic carbocycles. The minimum absolute atomic E-state index is 0.135. The van der Waals surface area contributed by atoms with Gasteiger partial charge in [0, 0.05) is 35.0 Å². The summed E-state index contributed by atoms with van der Waals surface area (Å²) in [7, 11) is 1.65. The van der Waals surface area contributed by atoms with Crippen molar-refractivity contribution in [2.75, 3.05) is 26.8 Å². The van der Waals surface area contributed by atoms with Crippen LogP contribution in [0.3, 0.4) is 0 Å². The molecular formula is C18H21NO4S. The number of thiophene rings is 1. The molecule has 3 rings (SSSR count). The van der Waals surface area contributed by atoms with Gasteiger partial charge in [-0.25, -0.2) is 0 Å². The van der Waals surface area contributed by atoms with Crippen LogP contribution in [-0.4, -0.2) is 42.8 Å². The zero-order chi connectivity index (χ0) is 17.1. The minimum atomic E-state index is -0.777. The topological polar surface area (TPSA) is 59.0 Å². The molecule has 0 unspecified atom stereocenters. The Balaban J connectivity index is 1.93. The molecular weight excluding hydrogens is 326 g/mol. The molecule has 1 aliphatic heterocycles. The molecule has 0 saturated heterocycles. The number of benzene rings is 1. The molecule has 5 nitrogen and oxygen atoms in total. The molecule has 1 aromatic carbocycles. The number of carbonyl (C=O) groups is 1. The van der Waals surface area contributed by atoms with E-state index in [1.807, 2.05) is 6.07 Å². The number of carboxylic acid groups (broad SMARTS) is 1. The molecule has 0 radical (unpaired) electrons. The van der Waals surface area contributed by atoms with Crippen molar-refractivity contribution in [3.63, 3.8) is 0 Å². The number of aryl methyl sites for hydroxylation is 1. The lowest BCUT2D eigenvalue weighted by atomic mass is 10.1. The first kappa shape index (κ1) is 16.8. The highest BCUT2D eigenvalue weighted by Gasteiger charge is 2.21. The van der Waals surface area contributed by atoms with Crippen LogP contribution in [0.2, 0.25) is 0 Å². The lowest BCUT2D eigenvalue weighted by molar-refractivity contribution is -0.137. The third-order valence-corrected chi connectivity index (χ3v) is 5.12. The first-order valence-corrected chi connectivity index (χ1v) is 8.73. The molecule has 2 aromatic rings. The van der Waals surface area contributed by atoms with Crippen molar-refractivity contribution >= 4 is 17.3 Å². The Morgan fingerprint density at radius 2 is 2.25 bits per heavy atom. The molecule has 1 aromatic heterocycles. The zero-order valence-corrected chi connectivity index (χ0v) is 14.7. The summed E-state index contributed by atoms with van der Waals surface area (Å²) in [6.07, 6.45) is 0.135. The number of rotatable bonds is 5. The Morgan fingerprint density at radius 3 is 2.92 bits per heavy atom. The summed E-state index contributed by atoms with van der Waals surface area (Å²) in [4.78, 5) is 15.4. The SMILES string of the molecule is COc1cc(-c2ccc(C)s2)cc2c1OCCN(CCC(=O)O)C2. The molecule has 0 bridgehead atoms. The van der Waals surface area contributed by atoms with E-state index in [-0.39, 0.29) is 6.42 Å². The first-order valence-electron chi connectivity index (χ1n) is 7.91. The molecule has 0 fully saturated rings. The molecule has 2 heterocycles. The van der Waals surface area contributed by atoms with E-state index in [1.54, 1.807) is 18.4 Å². The van der Waals surface area contributed by atoms with Crippen LogP contribution in [0, 0.1) is 6.92 Å². The van der Waals surface area contributed by atoms with Crippen LogP contribution in [-0.2, 0) is 11.3 Å². The van der Waals surface area contributed by atoms with Gasteiger partial charge in [-0.15, -0.1) is 11.3 Å². The zero-order valence-electron chi connectivity index (χ0n) is 13.9. The number of hydrogen-bond acceptors (Lipinski definition) is 5. The van der Waals surface area contributed by atoms with Crippen molar-refractivity contribution in [1.82, 2.24) is 4.90 Å². The molecule has 0 amide bonds. The fourth-order valence-corrected chi connectivity index (χ4v) is 3.72. The van der Waals surface area contributed by atoms with Crippen LogP contribution in [0.1, 0.15) is 16.9 Å². The predicted octanol–water partition coefficient (Wildman–Crippen LogP) is 3.40. The summed E-state index contributed by atoms with van der Waals surface area (Å²) < 4.78 is 11.4. The van der Waals surface area contributed by atoms with Crippen LogP contribution in [0.15, 0.2) is 24.3 Å². The molecule has 128 valence electrons. The Labute approximate surface area is 145 Å². The molecule has 1 N–H and O–H groups in total. The third-order valence-electron chi connectivity index (χ3n) is 4.07. The van der Waals surface area contributed by atoms with E-state index in [9.17, 15) is 4.79 Å². The van der Waals surface area contributed by atoms with Gasteiger partial charge in [0.1, 0.15) is 6.61 Å². The van der Waals surface area contributed by atoms with Crippen LogP contribution >= 0.6 is 11.3 Å². The van der Waals surface area contributed by atoms with E-state index in [0.29, 0.717) is 26.2 Å². The van der Waals surface area contributed by atoms with Gasteiger partial charge in [0.05, 0.1) is 13.5 Å². The predicted molar refractivity (Wildman–Crippen MR) is 94.1 cm³/mol. The highest BCUT2D eigenvalue weighted by Crippen LogP contribution is 2.39. The van der Waals surface area contributed by atoms with Gasteiger partial charge in [-0.1, -0.05) is 0 Å². The maximum absolute atomic E-state index is 10.8. The number of carboxylic acids is 1. The number of hydrogen-bond donors (Lipinski definition) is 1. The summed E-state index contributed by atoms with van der Waals surface area (Å²) in [6.45, 7) is 4.50. The molecule has 24 heavy (non-hydrogen) atoms. The smallest absolute Gasteiger partial charge is 0.304 e. The van der Waals surface area contributed by atoms with Crippen LogP contribution in [0.5, 0.6) is 11.5 Å². The van der Waals surface area contributed by atoms with Crippen LogP contribution in [0.4, 0.5) is 0 Å². The number of methoxy groups -OCH3 is 1. The van der Waals surface area contributed by atoms with Crippen molar-refractivity contribution in [3.8, 4) is 21.9 Å². The van der Waals surface area contributed by atoms with Gasteiger partial charge in [-0.2, -0.15) is 0 Å². The van der Waals surface area contributed by atoms with Crippen molar-refractivity contribution in [1.29, 1.82) is 0 Å². The van der Waals surface area contributed by atoms with Gasteiger partial charge in [-0.05, 0) is 36.8 Å². The quantitative estimate of drug-likeness (QED) is 0.898. The van der Waals surface area contributed by atoms with Gasteiger partial charge in [0.25, 0.3) is 0 Å². The standard InChI is InChI=1S/C18H21NO4S/c1-12-3-4-16(24-12)13-9-14-11-19(6-5-17(20)21)7-8-23-18(14)15(10-13)22-2/h3-4,9-10H,5-8,11H2,1-2H3,(H,20,21). The Hall–Kier alpha value is -2.05. The average Bonchev–Trinajstić information content (AvgIpc) is 2.88. The monoisotopic (exact) mass is 347 g/mol. The summed E-state index contributed by atoms with van der Waals surface area (Å²) in [6, 6.07) is 8.36. The van der Waals surface area contributed by atoms with Crippen molar-refractivity contribution in [3.05, 3.63) is 34.7 Å². The van der Waals surface area contributed by atoms with Gasteiger partial charge in [-0.3, -0.25) is 9.69 Å². The minimum Gasteiger partial charge on any atom is -0.493 e. The average molecular weight is 347 g/mol. The molecule has 1 aliphatic rings. The number of nitrogens with zero attached hydrogens (tertiary/aromatic N) is 1. The van der Waals surface area contributed by atoms with E-state index >= 15 is 0 Å². The van der Waals surface area contributed by atoms with E-state index in [2.05, 4.69) is 30.0 Å². The van der Waals surface area contributed by atoms with Crippen molar-refractivity contribution in [2.45, 2.75) is 19.9 Å². The lowest BCUT2D eigenvalue weighted by Gasteiger charge is -2.18. The first-order chi connectivity index (χ1) is 11.6. The second kappa shape index (κ2) is 7.23. The number of ether oxygens (including phenoxy) is 2. The molecule has 0 atom stereocenters. The van der Waals surface area contributed by atoms with Gasteiger partial charge in [0.2, 0.25) is 0 Å². The normalized spacial score (nSPS) is 14.6. The fraction of sp³-hybridized carbons (Fsp3) is 0.389. The Bertz CT molecular complexity index is 741. The highest BCUT2D eigenvalue weighted by atomic mass is 32.1. The summed E-state index contributed by atoms with van der Waals surface area (Å²) in [5.74, 6) is 0.724. The maximum atomic E-state index is 10.8. The fourth-order valence-electron chi connectivity index (χ4n) is 2.87. The summed E-state index contributed by atoms with van der Waals surface area (Å²) >= 11 is 1.74. The second-order valence-corrected chi connectivity index (χ2v) is 7.13. The van der Waals surface area contributed by atoms with Crippen molar-refractivity contribution in [2.24, 2.45) is 0 Å². The number of fused-ring (bicyclic) bond motifs is 1. The van der Waals surface area contributed by atoms with E-state index in [0.717, 1.165) is 22.6 Å². The van der Waals surface area contributed by atoms with E-state index in [1.165, 1.54) is 9.75 Å². The molecule has 0 spiro atoms. The Morgan fingerprint density at radius 1 is 1.42 bits per heavy atom. The second-order valence-electron chi connectivity index (χ2n) is 5.85. The molecule has 0 saturated carbocycles. The lowest BCUT2D eigenvalue weighted by Crippen LogP contribution is -2.28. The van der Waals surface area contributed by atoms with Gasteiger partial charge >= 0.3 is 5.97 Å². The van der Waals surface area contributed by atoms with Gasteiger partial charge < -0.3 is 14.6 Å². The van der Waals surface area contributed by atoms with Gasteiger partial charge in [0.15, 0.2) is 11.5 Å². The summed E-state index contributed by atoms with van der Waals surface area (Å²) in [5.41, 5.74) is 2.14. The third kappa shape index (κ3) is 3.71. The van der Waals surface area contributed by atoms with Crippen molar-refractivity contribution < 1.29 is 19.4 Å². The largest absolute Gasteiger partial charge is 0.493 e. The van der Waals surface area contributed by atoms with Crippen LogP contribution in [0.25, 0.3) is 10.4 Å². The molecule has 6 heteroatoms. The Kier molecular flexibility index (Phi) is 5.06. The van der Waals surface area contributed by atoms with E-state index < -0.39 is 5.97 Å². The van der Waals surface area contributed by atoms with E-state index in [4.69, 9.17) is 14.6 Å². The number of aliphatic carboxylic acids is 1. The van der Waals surface area contributed by atoms with Crippen LogP contribution < -0.4 is 9.47 Å². The highest BCUT2D eigenvalue weighted by molar-refractivity contribution is 7.15.